The highest BCUT2D eigenvalue weighted by atomic mass is 16.2. The number of aromatic nitrogens is 3. The maximum Gasteiger partial charge on any atom is 0.241 e. The molecule has 144 valence electrons. The molecule has 1 aliphatic rings. The minimum absolute atomic E-state index is 0.132. The Kier molecular flexibility index (Phi) is 6.78. The maximum atomic E-state index is 12.2. The van der Waals surface area contributed by atoms with Gasteiger partial charge in [0.1, 0.15) is 12.7 Å². The number of carbonyl (C=O) groups excluding carboxylic acids is 1. The monoisotopic (exact) mass is 369 g/mol. The molecule has 1 aromatic carbocycles. The lowest BCUT2D eigenvalue weighted by molar-refractivity contribution is -0.128. The Morgan fingerprint density at radius 3 is 2.78 bits per heavy atom. The molecular weight excluding hydrogens is 342 g/mol. The Labute approximate surface area is 159 Å². The van der Waals surface area contributed by atoms with Gasteiger partial charge in [0.2, 0.25) is 5.91 Å². The number of hydrogen-bond acceptors (Lipinski definition) is 4. The van der Waals surface area contributed by atoms with Crippen molar-refractivity contribution in [3.05, 3.63) is 48.0 Å². The second-order valence-corrected chi connectivity index (χ2v) is 6.55. The topological polar surface area (TPSA) is 87.4 Å². The molecule has 8 heteroatoms. The summed E-state index contributed by atoms with van der Waals surface area (Å²) in [6, 6.07) is 8.25. The van der Waals surface area contributed by atoms with Gasteiger partial charge in [-0.15, -0.1) is 0 Å². The third kappa shape index (κ3) is 5.80. The molecule has 1 amide bonds. The molecule has 2 aromatic rings. The zero-order valence-corrected chi connectivity index (χ0v) is 15.8. The van der Waals surface area contributed by atoms with Crippen LogP contribution in [0.15, 0.2) is 41.9 Å². The van der Waals surface area contributed by atoms with Crippen LogP contribution in [0.25, 0.3) is 0 Å². The quantitative estimate of drug-likeness (QED) is 0.562. The number of likely N-dealkylation sites (tertiary alicyclic amines) is 1. The second-order valence-electron chi connectivity index (χ2n) is 6.55. The van der Waals surface area contributed by atoms with Crippen LogP contribution in [0.2, 0.25) is 0 Å². The van der Waals surface area contributed by atoms with Crippen LogP contribution in [0.4, 0.5) is 0 Å². The van der Waals surface area contributed by atoms with Gasteiger partial charge in [-0.05, 0) is 30.9 Å². The van der Waals surface area contributed by atoms with Crippen molar-refractivity contribution in [2.24, 2.45) is 4.99 Å². The lowest BCUT2D eigenvalue weighted by Gasteiger charge is -2.17. The van der Waals surface area contributed by atoms with Gasteiger partial charge in [0.25, 0.3) is 0 Å². The van der Waals surface area contributed by atoms with Crippen LogP contribution in [0.5, 0.6) is 0 Å². The number of amides is 1. The fraction of sp³-hybridized carbons (Fsp3) is 0.474. The summed E-state index contributed by atoms with van der Waals surface area (Å²) in [5, 5.41) is 10.5. The highest BCUT2D eigenvalue weighted by Gasteiger charge is 2.17. The first-order valence-corrected chi connectivity index (χ1v) is 9.45. The van der Waals surface area contributed by atoms with E-state index in [1.165, 1.54) is 6.33 Å². The van der Waals surface area contributed by atoms with Crippen molar-refractivity contribution in [3.63, 3.8) is 0 Å². The van der Waals surface area contributed by atoms with Gasteiger partial charge < -0.3 is 15.5 Å². The van der Waals surface area contributed by atoms with Crippen molar-refractivity contribution < 1.29 is 4.79 Å². The zero-order valence-electron chi connectivity index (χ0n) is 15.8. The van der Waals surface area contributed by atoms with E-state index in [4.69, 9.17) is 0 Å². The van der Waals surface area contributed by atoms with Gasteiger partial charge in [0.05, 0.1) is 19.6 Å². The summed E-state index contributed by atoms with van der Waals surface area (Å²) in [4.78, 5) is 22.7. The Morgan fingerprint density at radius 2 is 2.04 bits per heavy atom. The smallest absolute Gasteiger partial charge is 0.241 e. The Bertz CT molecular complexity index is 751. The highest BCUT2D eigenvalue weighted by molar-refractivity contribution is 5.86. The molecule has 8 nitrogen and oxygen atoms in total. The summed E-state index contributed by atoms with van der Waals surface area (Å²) in [5.74, 6) is 0.791. The molecule has 27 heavy (non-hydrogen) atoms. The van der Waals surface area contributed by atoms with Gasteiger partial charge in [-0.2, -0.15) is 5.10 Å². The number of aliphatic imine (C=N–C) groups is 1. The van der Waals surface area contributed by atoms with E-state index in [1.54, 1.807) is 11.0 Å². The fourth-order valence-electron chi connectivity index (χ4n) is 3.08. The van der Waals surface area contributed by atoms with Crippen molar-refractivity contribution in [3.8, 4) is 0 Å². The van der Waals surface area contributed by atoms with Gasteiger partial charge >= 0.3 is 0 Å². The van der Waals surface area contributed by atoms with Crippen molar-refractivity contribution in [2.75, 3.05) is 26.2 Å². The first-order chi connectivity index (χ1) is 13.2. The molecule has 0 aliphatic carbocycles. The lowest BCUT2D eigenvalue weighted by Crippen LogP contribution is -2.44. The molecule has 0 bridgehead atoms. The third-order valence-electron chi connectivity index (χ3n) is 4.43. The van der Waals surface area contributed by atoms with Gasteiger partial charge in [-0.25, -0.2) is 14.7 Å². The van der Waals surface area contributed by atoms with E-state index in [0.29, 0.717) is 19.0 Å². The van der Waals surface area contributed by atoms with Crippen LogP contribution in [0.3, 0.4) is 0 Å². The summed E-state index contributed by atoms with van der Waals surface area (Å²) in [6.45, 7) is 5.99. The average Bonchev–Trinajstić information content (AvgIpc) is 3.38. The molecule has 0 atom stereocenters. The zero-order chi connectivity index (χ0) is 18.9. The molecule has 2 N–H and O–H groups in total. The molecule has 1 aliphatic heterocycles. The van der Waals surface area contributed by atoms with Crippen molar-refractivity contribution in [1.82, 2.24) is 30.3 Å². The number of guanidine groups is 1. The molecule has 3 rings (SSSR count). The van der Waals surface area contributed by atoms with E-state index >= 15 is 0 Å². The molecule has 1 fully saturated rings. The lowest BCUT2D eigenvalue weighted by atomic mass is 10.1. The third-order valence-corrected chi connectivity index (χ3v) is 4.43. The SMILES string of the molecule is CCNC(=NCc1cccc(Cn2cncn2)c1)NCC(=O)N1CCCC1. The first-order valence-electron chi connectivity index (χ1n) is 9.45. The fourth-order valence-corrected chi connectivity index (χ4v) is 3.08. The Morgan fingerprint density at radius 1 is 1.22 bits per heavy atom. The first kappa shape index (κ1) is 18.9. The number of benzene rings is 1. The van der Waals surface area contributed by atoms with Crippen LogP contribution in [0.1, 0.15) is 30.9 Å². The molecule has 1 saturated heterocycles. The van der Waals surface area contributed by atoms with Gasteiger partial charge in [-0.3, -0.25) is 4.79 Å². The van der Waals surface area contributed by atoms with Gasteiger partial charge in [0, 0.05) is 19.6 Å². The number of nitrogens with one attached hydrogen (secondary N) is 2. The maximum absolute atomic E-state index is 12.2. The molecule has 2 heterocycles. The molecule has 0 saturated carbocycles. The predicted octanol–water partition coefficient (Wildman–Crippen LogP) is 1.00. The van der Waals surface area contributed by atoms with E-state index in [-0.39, 0.29) is 12.5 Å². The molecular formula is C19H27N7O. The van der Waals surface area contributed by atoms with Crippen LogP contribution >= 0.6 is 0 Å². The van der Waals surface area contributed by atoms with Crippen molar-refractivity contribution >= 4 is 11.9 Å². The van der Waals surface area contributed by atoms with Crippen LogP contribution in [-0.2, 0) is 17.9 Å². The van der Waals surface area contributed by atoms with E-state index < -0.39 is 0 Å². The minimum atomic E-state index is 0.132. The van der Waals surface area contributed by atoms with Crippen LogP contribution < -0.4 is 10.6 Å². The number of hydrogen-bond donors (Lipinski definition) is 2. The van der Waals surface area contributed by atoms with E-state index in [9.17, 15) is 4.79 Å². The van der Waals surface area contributed by atoms with E-state index in [1.807, 2.05) is 24.0 Å². The minimum Gasteiger partial charge on any atom is -0.357 e. The van der Waals surface area contributed by atoms with Crippen LogP contribution in [-0.4, -0.2) is 57.7 Å². The standard InChI is InChI=1S/C19H27N7O/c1-2-21-19(23-12-18(27)25-8-3-4-9-25)22-11-16-6-5-7-17(10-16)13-26-15-20-14-24-26/h5-7,10,14-15H,2-4,8-9,11-13H2,1H3,(H2,21,22,23). The summed E-state index contributed by atoms with van der Waals surface area (Å²) in [7, 11) is 0. The summed E-state index contributed by atoms with van der Waals surface area (Å²) >= 11 is 0. The van der Waals surface area contributed by atoms with Crippen molar-refractivity contribution in [1.29, 1.82) is 0 Å². The highest BCUT2D eigenvalue weighted by Crippen LogP contribution is 2.08. The van der Waals surface area contributed by atoms with Gasteiger partial charge in [-0.1, -0.05) is 24.3 Å². The average molecular weight is 369 g/mol. The van der Waals surface area contributed by atoms with E-state index in [0.717, 1.165) is 43.6 Å². The van der Waals surface area contributed by atoms with Crippen LogP contribution in [0, 0.1) is 0 Å². The molecule has 0 radical (unpaired) electrons. The summed E-state index contributed by atoms with van der Waals surface area (Å²) in [6.07, 6.45) is 5.44. The molecule has 0 unspecified atom stereocenters. The molecule has 1 aromatic heterocycles. The number of rotatable bonds is 7. The summed E-state index contributed by atoms with van der Waals surface area (Å²) in [5.41, 5.74) is 2.26. The van der Waals surface area contributed by atoms with E-state index in [2.05, 4.69) is 37.8 Å². The second kappa shape index (κ2) is 9.70. The largest absolute Gasteiger partial charge is 0.357 e. The number of nitrogens with zero attached hydrogens (tertiary/aromatic N) is 5. The Hall–Kier alpha value is -2.90. The number of carbonyl (C=O) groups is 1. The molecule has 0 spiro atoms. The Balaban J connectivity index is 1.56. The normalized spacial score (nSPS) is 14.4. The van der Waals surface area contributed by atoms with Gasteiger partial charge in [0.15, 0.2) is 5.96 Å². The van der Waals surface area contributed by atoms with Crippen molar-refractivity contribution in [2.45, 2.75) is 32.9 Å². The summed E-state index contributed by atoms with van der Waals surface area (Å²) < 4.78 is 1.79. The predicted molar refractivity (Wildman–Crippen MR) is 104 cm³/mol.